The van der Waals surface area contributed by atoms with Gasteiger partial charge in [-0.05, 0) is 37.8 Å². The van der Waals surface area contributed by atoms with E-state index in [2.05, 4.69) is 19.9 Å². The third-order valence-corrected chi connectivity index (χ3v) is 6.94. The fraction of sp³-hybridized carbons (Fsp3) is 0.565. The van der Waals surface area contributed by atoms with E-state index in [1.54, 1.807) is 22.6 Å². The minimum atomic E-state index is -0.724. The second-order valence-corrected chi connectivity index (χ2v) is 9.89. The van der Waals surface area contributed by atoms with Crippen LogP contribution < -0.4 is 5.56 Å². The third kappa shape index (κ3) is 4.39. The highest BCUT2D eigenvalue weighted by molar-refractivity contribution is 8.00. The number of rotatable bonds is 6. The summed E-state index contributed by atoms with van der Waals surface area (Å²) in [6.45, 7) is 6.48. The average molecular weight is 427 g/mol. The number of carbonyl (C=O) groups excluding carboxylic acids is 1. The van der Waals surface area contributed by atoms with Crippen LogP contribution in [0.5, 0.6) is 0 Å². The van der Waals surface area contributed by atoms with E-state index in [1.165, 1.54) is 11.8 Å². The molecule has 1 heterocycles. The number of benzene rings is 1. The van der Waals surface area contributed by atoms with E-state index < -0.39 is 10.8 Å². The van der Waals surface area contributed by atoms with Gasteiger partial charge in [0.15, 0.2) is 5.16 Å². The molecule has 0 N–H and O–H groups in total. The Bertz CT molecular complexity index is 1020. The fourth-order valence-corrected chi connectivity index (χ4v) is 5.13. The second kappa shape index (κ2) is 9.22. The molecule has 1 amide bonds. The molecule has 0 saturated heterocycles. The molecule has 0 spiro atoms. The Hall–Kier alpha value is -2.33. The Morgan fingerprint density at radius 1 is 1.27 bits per heavy atom. The lowest BCUT2D eigenvalue weighted by atomic mass is 9.81. The van der Waals surface area contributed by atoms with E-state index in [-0.39, 0.29) is 17.4 Å². The highest BCUT2D eigenvalue weighted by Gasteiger charge is 2.40. The molecular weight excluding hydrogens is 396 g/mol. The molecule has 1 aliphatic carbocycles. The van der Waals surface area contributed by atoms with Crippen LogP contribution in [-0.2, 0) is 11.3 Å². The van der Waals surface area contributed by atoms with Crippen molar-refractivity contribution in [2.45, 2.75) is 75.4 Å². The number of nitriles is 1. The van der Waals surface area contributed by atoms with Gasteiger partial charge in [0, 0.05) is 13.6 Å². The summed E-state index contributed by atoms with van der Waals surface area (Å²) < 4.78 is 1.68. The molecule has 1 saturated carbocycles. The van der Waals surface area contributed by atoms with Gasteiger partial charge in [0.2, 0.25) is 5.91 Å². The van der Waals surface area contributed by atoms with Crippen molar-refractivity contribution >= 4 is 28.6 Å². The van der Waals surface area contributed by atoms with Crippen LogP contribution in [0.4, 0.5) is 0 Å². The average Bonchev–Trinajstić information content (AvgIpc) is 2.75. The molecule has 3 rings (SSSR count). The molecule has 1 aliphatic rings. The monoisotopic (exact) mass is 426 g/mol. The summed E-state index contributed by atoms with van der Waals surface area (Å²) in [5.41, 5.74) is -0.164. The van der Waals surface area contributed by atoms with Gasteiger partial charge >= 0.3 is 0 Å². The third-order valence-electron chi connectivity index (χ3n) is 5.87. The Balaban J connectivity index is 1.92. The highest BCUT2D eigenvalue weighted by atomic mass is 32.2. The second-order valence-electron chi connectivity index (χ2n) is 8.58. The van der Waals surface area contributed by atoms with Gasteiger partial charge in [-0.25, -0.2) is 4.98 Å². The summed E-state index contributed by atoms with van der Waals surface area (Å²) >= 11 is 1.30. The number of amides is 1. The van der Waals surface area contributed by atoms with Crippen LogP contribution in [0.25, 0.3) is 10.9 Å². The van der Waals surface area contributed by atoms with Crippen molar-refractivity contribution in [3.05, 3.63) is 34.6 Å². The molecular formula is C23H30N4O2S. The number of carbonyl (C=O) groups is 1. The maximum Gasteiger partial charge on any atom is 0.262 e. The molecule has 0 radical (unpaired) electrons. The minimum Gasteiger partial charge on any atom is -0.326 e. The molecule has 1 fully saturated rings. The molecule has 1 atom stereocenters. The first-order valence-electron chi connectivity index (χ1n) is 10.6. The SMILES string of the molecule is CC(C)Cn1c(S[C@H](C)C(=O)N(C)C2(C#N)CCCCC2)nc2ccccc2c1=O. The normalized spacial score (nSPS) is 16.9. The molecule has 30 heavy (non-hydrogen) atoms. The topological polar surface area (TPSA) is 79.0 Å². The van der Waals surface area contributed by atoms with Gasteiger partial charge in [-0.15, -0.1) is 0 Å². The van der Waals surface area contributed by atoms with Gasteiger partial charge in [-0.1, -0.05) is 57.0 Å². The minimum absolute atomic E-state index is 0.0782. The van der Waals surface area contributed by atoms with Crippen LogP contribution in [-0.4, -0.2) is 38.2 Å². The molecule has 1 aromatic carbocycles. The highest BCUT2D eigenvalue weighted by Crippen LogP contribution is 2.34. The fourth-order valence-electron chi connectivity index (χ4n) is 4.11. The zero-order valence-corrected chi connectivity index (χ0v) is 19.0. The van der Waals surface area contributed by atoms with Crippen molar-refractivity contribution in [1.29, 1.82) is 5.26 Å². The smallest absolute Gasteiger partial charge is 0.262 e. The number of fused-ring (bicyclic) bond motifs is 1. The van der Waals surface area contributed by atoms with Crippen LogP contribution in [0.1, 0.15) is 52.9 Å². The first kappa shape index (κ1) is 22.4. The molecule has 6 nitrogen and oxygen atoms in total. The Morgan fingerprint density at radius 2 is 1.93 bits per heavy atom. The summed E-state index contributed by atoms with van der Waals surface area (Å²) in [5.74, 6) is 0.171. The lowest BCUT2D eigenvalue weighted by Crippen LogP contribution is -2.52. The molecule has 2 aromatic rings. The van der Waals surface area contributed by atoms with Gasteiger partial charge in [0.1, 0.15) is 5.54 Å². The van der Waals surface area contributed by atoms with Crippen molar-refractivity contribution in [3.63, 3.8) is 0 Å². The standard InChI is InChI=1S/C23H30N4O2S/c1-16(2)14-27-21(29)18-10-6-7-11-19(18)25-22(27)30-17(3)20(28)26(4)23(15-24)12-8-5-9-13-23/h6-7,10-11,16-17H,5,8-9,12-14H2,1-4H3/t17-/m1/s1. The lowest BCUT2D eigenvalue weighted by molar-refractivity contribution is -0.133. The van der Waals surface area contributed by atoms with E-state index in [1.807, 2.05) is 25.1 Å². The summed E-state index contributed by atoms with van der Waals surface area (Å²) in [6.07, 6.45) is 4.47. The zero-order valence-electron chi connectivity index (χ0n) is 18.2. The zero-order chi connectivity index (χ0) is 21.9. The Kier molecular flexibility index (Phi) is 6.87. The van der Waals surface area contributed by atoms with E-state index in [9.17, 15) is 14.9 Å². The number of hydrogen-bond acceptors (Lipinski definition) is 5. The van der Waals surface area contributed by atoms with Crippen molar-refractivity contribution in [2.75, 3.05) is 7.05 Å². The van der Waals surface area contributed by atoms with Gasteiger partial charge in [-0.3, -0.25) is 14.2 Å². The number of hydrogen-bond donors (Lipinski definition) is 0. The number of nitrogens with zero attached hydrogens (tertiary/aromatic N) is 4. The van der Waals surface area contributed by atoms with Gasteiger partial charge in [-0.2, -0.15) is 5.26 Å². The summed E-state index contributed by atoms with van der Waals surface area (Å²) in [4.78, 5) is 32.7. The van der Waals surface area contributed by atoms with Crippen molar-refractivity contribution in [2.24, 2.45) is 5.92 Å². The van der Waals surface area contributed by atoms with Crippen molar-refractivity contribution in [3.8, 4) is 6.07 Å². The van der Waals surface area contributed by atoms with Crippen LogP contribution in [0.3, 0.4) is 0 Å². The summed E-state index contributed by atoms with van der Waals surface area (Å²) in [5, 5.41) is 10.5. The predicted octanol–water partition coefficient (Wildman–Crippen LogP) is 4.22. The van der Waals surface area contributed by atoms with Gasteiger partial charge in [0.25, 0.3) is 5.56 Å². The number of aromatic nitrogens is 2. The first-order valence-corrected chi connectivity index (χ1v) is 11.5. The van der Waals surface area contributed by atoms with E-state index in [0.717, 1.165) is 32.1 Å². The first-order chi connectivity index (χ1) is 14.3. The van der Waals surface area contributed by atoms with E-state index in [4.69, 9.17) is 4.98 Å². The van der Waals surface area contributed by atoms with Crippen LogP contribution >= 0.6 is 11.8 Å². The largest absolute Gasteiger partial charge is 0.326 e. The number of para-hydroxylation sites is 1. The van der Waals surface area contributed by atoms with E-state index in [0.29, 0.717) is 22.6 Å². The van der Waals surface area contributed by atoms with Crippen molar-refractivity contribution < 1.29 is 4.79 Å². The Morgan fingerprint density at radius 3 is 2.57 bits per heavy atom. The molecule has 0 aliphatic heterocycles. The van der Waals surface area contributed by atoms with Crippen molar-refractivity contribution in [1.82, 2.24) is 14.5 Å². The molecule has 0 unspecified atom stereocenters. The molecule has 160 valence electrons. The maximum atomic E-state index is 13.2. The van der Waals surface area contributed by atoms with Crippen LogP contribution in [0.15, 0.2) is 34.2 Å². The Labute approximate surface area is 182 Å². The summed E-state index contributed by atoms with van der Waals surface area (Å²) in [6, 6.07) is 9.72. The predicted molar refractivity (Wildman–Crippen MR) is 120 cm³/mol. The summed E-state index contributed by atoms with van der Waals surface area (Å²) in [7, 11) is 1.74. The molecule has 7 heteroatoms. The van der Waals surface area contributed by atoms with Gasteiger partial charge < -0.3 is 4.90 Å². The van der Waals surface area contributed by atoms with Crippen LogP contribution in [0.2, 0.25) is 0 Å². The van der Waals surface area contributed by atoms with Crippen LogP contribution in [0, 0.1) is 17.2 Å². The maximum absolute atomic E-state index is 13.2. The van der Waals surface area contributed by atoms with Gasteiger partial charge in [0.05, 0.1) is 22.2 Å². The van der Waals surface area contributed by atoms with E-state index >= 15 is 0 Å². The molecule has 0 bridgehead atoms. The lowest BCUT2D eigenvalue weighted by Gasteiger charge is -2.40. The number of thioether (sulfide) groups is 1. The molecule has 1 aromatic heterocycles. The quantitative estimate of drug-likeness (QED) is 0.510.